The number of alkyl halides is 4. The van der Waals surface area contributed by atoms with E-state index in [1.54, 1.807) is 12.1 Å². The first kappa shape index (κ1) is 28.8. The molecule has 3 unspecified atom stereocenters. The Balaban J connectivity index is 1.51. The van der Waals surface area contributed by atoms with Crippen LogP contribution in [0.25, 0.3) is 0 Å². The standard InChI is InChI=1S/C30H31ClF5NO3/c1-28(33,30(34,35)36)21-8-9-22-20(15-21)7-11-25-29(22,16-17-2-10-24(32)23(31)14-17)12-13-37(25)26(38)18-3-5-19(6-4-18)27(39)40/h2,8-10,14-15,18-19,25H,3-7,11-13,16H2,1H3,(H,39,40). The van der Waals surface area contributed by atoms with Gasteiger partial charge in [0.15, 0.2) is 0 Å². The quantitative estimate of drug-likeness (QED) is 0.381. The monoisotopic (exact) mass is 583 g/mol. The van der Waals surface area contributed by atoms with Gasteiger partial charge in [0, 0.05) is 23.9 Å². The Morgan fingerprint density at radius 1 is 1.02 bits per heavy atom. The lowest BCUT2D eigenvalue weighted by Crippen LogP contribution is -2.51. The lowest BCUT2D eigenvalue weighted by molar-refractivity contribution is -0.228. The van der Waals surface area contributed by atoms with Crippen LogP contribution in [0.4, 0.5) is 22.0 Å². The summed E-state index contributed by atoms with van der Waals surface area (Å²) in [5, 5.41) is 9.29. The van der Waals surface area contributed by atoms with Crippen molar-refractivity contribution in [2.45, 2.75) is 81.6 Å². The van der Waals surface area contributed by atoms with Crippen molar-refractivity contribution < 1.29 is 36.6 Å². The molecular weight excluding hydrogens is 553 g/mol. The van der Waals surface area contributed by atoms with Gasteiger partial charge in [-0.1, -0.05) is 35.9 Å². The van der Waals surface area contributed by atoms with Crippen LogP contribution < -0.4 is 0 Å². The van der Waals surface area contributed by atoms with Crippen LogP contribution in [-0.4, -0.2) is 40.6 Å². The number of hydrogen-bond acceptors (Lipinski definition) is 2. The number of benzene rings is 2. The Labute approximate surface area is 234 Å². The van der Waals surface area contributed by atoms with Crippen molar-refractivity contribution in [1.82, 2.24) is 4.90 Å². The number of aliphatic carboxylic acids is 1. The lowest BCUT2D eigenvalue weighted by atomic mass is 9.63. The van der Waals surface area contributed by atoms with Crippen molar-refractivity contribution >= 4 is 23.5 Å². The number of carboxylic acids is 1. The molecule has 1 saturated heterocycles. The highest BCUT2D eigenvalue weighted by atomic mass is 35.5. The number of likely N-dealkylation sites (tertiary alicyclic amines) is 1. The van der Waals surface area contributed by atoms with Crippen LogP contribution in [-0.2, 0) is 33.5 Å². The summed E-state index contributed by atoms with van der Waals surface area (Å²) in [6.07, 6.45) is -1.44. The van der Waals surface area contributed by atoms with Gasteiger partial charge >= 0.3 is 12.1 Å². The minimum absolute atomic E-state index is 0.0265. The predicted molar refractivity (Wildman–Crippen MR) is 139 cm³/mol. The fourth-order valence-electron chi connectivity index (χ4n) is 7.12. The van der Waals surface area contributed by atoms with Crippen LogP contribution in [0.1, 0.15) is 67.7 Å². The van der Waals surface area contributed by atoms with Gasteiger partial charge in [0.2, 0.25) is 11.6 Å². The Bertz CT molecular complexity index is 1320. The minimum atomic E-state index is -5.07. The maximum atomic E-state index is 14.9. The van der Waals surface area contributed by atoms with Crippen LogP contribution >= 0.6 is 11.6 Å². The van der Waals surface area contributed by atoms with Crippen molar-refractivity contribution in [1.29, 1.82) is 0 Å². The molecule has 216 valence electrons. The predicted octanol–water partition coefficient (Wildman–Crippen LogP) is 7.14. The lowest BCUT2D eigenvalue weighted by Gasteiger charge is -2.45. The molecular formula is C30H31ClF5NO3. The highest BCUT2D eigenvalue weighted by Gasteiger charge is 2.56. The zero-order valence-electron chi connectivity index (χ0n) is 22.0. The summed E-state index contributed by atoms with van der Waals surface area (Å²) >= 11 is 6.07. The molecule has 1 saturated carbocycles. The number of carboxylic acid groups (broad SMARTS) is 1. The Morgan fingerprint density at radius 3 is 2.33 bits per heavy atom. The number of carbonyl (C=O) groups excluding carboxylic acids is 1. The molecule has 1 heterocycles. The average molecular weight is 584 g/mol. The Morgan fingerprint density at radius 2 is 1.70 bits per heavy atom. The summed E-state index contributed by atoms with van der Waals surface area (Å²) in [7, 11) is 0. The Hall–Kier alpha value is -2.68. The van der Waals surface area contributed by atoms with Gasteiger partial charge in [0.25, 0.3) is 0 Å². The van der Waals surface area contributed by atoms with E-state index in [9.17, 15) is 36.6 Å². The summed E-state index contributed by atoms with van der Waals surface area (Å²) in [5.74, 6) is -2.17. The number of aryl methyl sites for hydroxylation is 1. The van der Waals surface area contributed by atoms with Crippen molar-refractivity contribution in [3.63, 3.8) is 0 Å². The second-order valence-electron chi connectivity index (χ2n) is 11.7. The fraction of sp³-hybridized carbons (Fsp3) is 0.533. The van der Waals surface area contributed by atoms with Crippen molar-refractivity contribution in [3.05, 3.63) is 69.5 Å². The second kappa shape index (κ2) is 10.3. The first-order valence-electron chi connectivity index (χ1n) is 13.6. The number of carbonyl (C=O) groups is 2. The van der Waals surface area contributed by atoms with Crippen molar-refractivity contribution in [3.8, 4) is 0 Å². The van der Waals surface area contributed by atoms with Gasteiger partial charge in [0.1, 0.15) is 5.82 Å². The van der Waals surface area contributed by atoms with Gasteiger partial charge in [-0.2, -0.15) is 13.2 Å². The highest BCUT2D eigenvalue weighted by Crippen LogP contribution is 2.51. The molecule has 2 aromatic rings. The van der Waals surface area contributed by atoms with E-state index >= 15 is 0 Å². The zero-order chi connectivity index (χ0) is 29.0. The van der Waals surface area contributed by atoms with E-state index in [1.165, 1.54) is 24.3 Å². The average Bonchev–Trinajstić information content (AvgIpc) is 3.28. The van der Waals surface area contributed by atoms with Gasteiger partial charge in [-0.05, 0) is 92.7 Å². The second-order valence-corrected chi connectivity index (χ2v) is 12.1. The molecule has 5 rings (SSSR count). The maximum absolute atomic E-state index is 14.9. The van der Waals surface area contributed by atoms with Gasteiger partial charge in [-0.3, -0.25) is 9.59 Å². The smallest absolute Gasteiger partial charge is 0.426 e. The van der Waals surface area contributed by atoms with Crippen LogP contribution in [0.2, 0.25) is 5.02 Å². The number of nitrogens with zero attached hydrogens (tertiary/aromatic N) is 1. The van der Waals surface area contributed by atoms with Gasteiger partial charge in [0.05, 0.1) is 10.9 Å². The third kappa shape index (κ3) is 4.88. The SMILES string of the molecule is CC(F)(c1ccc2c(c1)CCC1N(C(=O)C3CCC(C(=O)O)CC3)CCC21Cc1ccc(F)c(Cl)c1)C(F)(F)F. The molecule has 40 heavy (non-hydrogen) atoms. The van der Waals surface area contributed by atoms with Crippen LogP contribution in [0.5, 0.6) is 0 Å². The molecule has 0 bridgehead atoms. The molecule has 0 spiro atoms. The van der Waals surface area contributed by atoms with E-state index in [4.69, 9.17) is 11.6 Å². The summed E-state index contributed by atoms with van der Waals surface area (Å²) in [6.45, 7) is 0.952. The summed E-state index contributed by atoms with van der Waals surface area (Å²) in [6, 6.07) is 8.21. The normalized spacial score (nSPS) is 28.0. The van der Waals surface area contributed by atoms with Crippen molar-refractivity contribution in [2.75, 3.05) is 6.54 Å². The molecule has 2 aliphatic carbocycles. The van der Waals surface area contributed by atoms with Crippen LogP contribution in [0, 0.1) is 17.7 Å². The van der Waals surface area contributed by atoms with Crippen LogP contribution in [0.15, 0.2) is 36.4 Å². The summed E-state index contributed by atoms with van der Waals surface area (Å²) in [4.78, 5) is 27.0. The largest absolute Gasteiger partial charge is 0.481 e. The van der Waals surface area contributed by atoms with E-state index in [0.717, 1.165) is 11.1 Å². The molecule has 2 fully saturated rings. The molecule has 1 amide bonds. The molecule has 1 N–H and O–H groups in total. The molecule has 3 atom stereocenters. The van der Waals surface area contributed by atoms with E-state index < -0.39 is 40.5 Å². The highest BCUT2D eigenvalue weighted by molar-refractivity contribution is 6.30. The molecule has 2 aromatic carbocycles. The molecule has 1 aliphatic heterocycles. The van der Waals surface area contributed by atoms with Gasteiger partial charge < -0.3 is 10.0 Å². The molecule has 4 nitrogen and oxygen atoms in total. The topological polar surface area (TPSA) is 57.6 Å². The first-order valence-corrected chi connectivity index (χ1v) is 14.0. The van der Waals surface area contributed by atoms with E-state index in [2.05, 4.69) is 0 Å². The maximum Gasteiger partial charge on any atom is 0.426 e. The third-order valence-corrected chi connectivity index (χ3v) is 9.72. The zero-order valence-corrected chi connectivity index (χ0v) is 22.8. The summed E-state index contributed by atoms with van der Waals surface area (Å²) in [5.41, 5.74) is -2.52. The number of rotatable bonds is 5. The number of fused-ring (bicyclic) bond motifs is 3. The van der Waals surface area contributed by atoms with Crippen LogP contribution in [0.3, 0.4) is 0 Å². The molecule has 10 heteroatoms. The van der Waals surface area contributed by atoms with E-state index in [0.29, 0.717) is 70.4 Å². The number of hydrogen-bond donors (Lipinski definition) is 1. The first-order chi connectivity index (χ1) is 18.7. The van der Waals surface area contributed by atoms with Gasteiger partial charge in [-0.25, -0.2) is 8.78 Å². The van der Waals surface area contributed by atoms with E-state index in [1.807, 2.05) is 4.90 Å². The van der Waals surface area contributed by atoms with Gasteiger partial charge in [-0.15, -0.1) is 0 Å². The molecule has 0 radical (unpaired) electrons. The summed E-state index contributed by atoms with van der Waals surface area (Å²) < 4.78 is 69.3. The molecule has 0 aromatic heterocycles. The number of amides is 1. The molecule has 3 aliphatic rings. The van der Waals surface area contributed by atoms with E-state index in [-0.39, 0.29) is 22.9 Å². The minimum Gasteiger partial charge on any atom is -0.481 e. The third-order valence-electron chi connectivity index (χ3n) is 9.43. The number of halogens is 6. The Kier molecular flexibility index (Phi) is 7.43. The van der Waals surface area contributed by atoms with Crippen molar-refractivity contribution in [2.24, 2.45) is 11.8 Å². The fourth-order valence-corrected chi connectivity index (χ4v) is 7.33.